The molecule has 0 fully saturated rings. The first-order chi connectivity index (χ1) is 8.15. The van der Waals surface area contributed by atoms with Crippen molar-refractivity contribution < 1.29 is 15.0 Å². The van der Waals surface area contributed by atoms with E-state index in [0.29, 0.717) is 12.1 Å². The van der Waals surface area contributed by atoms with Crippen molar-refractivity contribution in [2.45, 2.75) is 19.3 Å². The summed E-state index contributed by atoms with van der Waals surface area (Å²) in [6.45, 7) is 0.619. The Morgan fingerprint density at radius 1 is 1.18 bits per heavy atom. The van der Waals surface area contributed by atoms with Gasteiger partial charge in [0.05, 0.1) is 0 Å². The number of alkyl halides is 1. The van der Waals surface area contributed by atoms with Crippen LogP contribution in [0.2, 0.25) is 0 Å². The molecule has 0 spiro atoms. The van der Waals surface area contributed by atoms with Gasteiger partial charge in [-0.25, -0.2) is 0 Å². The molecule has 0 aliphatic heterocycles. The van der Waals surface area contributed by atoms with Gasteiger partial charge >= 0.3 is 0 Å². The standard InChI is InChI=1S/C12H16BrNO3/c13-6-2-1-3-7-14-12(17)9-4-5-10(15)11(16)8-9/h4-5,8,15-16H,1-3,6-7H2,(H,14,17). The number of phenols is 2. The smallest absolute Gasteiger partial charge is 0.251 e. The van der Waals surface area contributed by atoms with E-state index < -0.39 is 0 Å². The van der Waals surface area contributed by atoms with E-state index in [4.69, 9.17) is 5.11 Å². The maximum absolute atomic E-state index is 11.6. The molecule has 1 amide bonds. The Kier molecular flexibility index (Phi) is 5.83. The predicted octanol–water partition coefficient (Wildman–Crippen LogP) is 2.39. The molecule has 0 aliphatic carbocycles. The van der Waals surface area contributed by atoms with Crippen molar-refractivity contribution in [3.8, 4) is 11.5 Å². The number of halogens is 1. The lowest BCUT2D eigenvalue weighted by atomic mass is 10.2. The Labute approximate surface area is 109 Å². The van der Waals surface area contributed by atoms with Crippen LogP contribution in [0.15, 0.2) is 18.2 Å². The van der Waals surface area contributed by atoms with Crippen LogP contribution in [0, 0.1) is 0 Å². The van der Waals surface area contributed by atoms with Gasteiger partial charge in [-0.3, -0.25) is 4.79 Å². The van der Waals surface area contributed by atoms with Gasteiger partial charge < -0.3 is 15.5 Å². The second kappa shape index (κ2) is 7.17. The van der Waals surface area contributed by atoms with E-state index in [1.165, 1.54) is 18.2 Å². The van der Waals surface area contributed by atoms with Gasteiger partial charge in [0.15, 0.2) is 11.5 Å². The molecular formula is C12H16BrNO3. The number of carbonyl (C=O) groups excluding carboxylic acids is 1. The zero-order chi connectivity index (χ0) is 12.7. The number of unbranched alkanes of at least 4 members (excludes halogenated alkanes) is 2. The molecule has 1 rings (SSSR count). The normalized spacial score (nSPS) is 10.2. The minimum atomic E-state index is -0.281. The molecule has 5 heteroatoms. The summed E-state index contributed by atoms with van der Waals surface area (Å²) in [5, 5.41) is 22.1. The second-order valence-electron chi connectivity index (χ2n) is 3.71. The van der Waals surface area contributed by atoms with Gasteiger partial charge in [-0.05, 0) is 31.0 Å². The highest BCUT2D eigenvalue weighted by Gasteiger charge is 2.07. The summed E-state index contributed by atoms with van der Waals surface area (Å²) < 4.78 is 0. The number of amides is 1. The Balaban J connectivity index is 2.39. The first-order valence-corrected chi connectivity index (χ1v) is 6.63. The average Bonchev–Trinajstić information content (AvgIpc) is 2.32. The SMILES string of the molecule is O=C(NCCCCCBr)c1ccc(O)c(O)c1. The van der Waals surface area contributed by atoms with Gasteiger partial charge in [-0.1, -0.05) is 22.4 Å². The fourth-order valence-corrected chi connectivity index (χ4v) is 1.76. The van der Waals surface area contributed by atoms with Crippen LogP contribution in [0.1, 0.15) is 29.6 Å². The van der Waals surface area contributed by atoms with Crippen molar-refractivity contribution in [2.24, 2.45) is 0 Å². The quantitative estimate of drug-likeness (QED) is 0.429. The van der Waals surface area contributed by atoms with Gasteiger partial charge in [0.25, 0.3) is 5.91 Å². The van der Waals surface area contributed by atoms with Crippen molar-refractivity contribution >= 4 is 21.8 Å². The Hall–Kier alpha value is -1.23. The predicted molar refractivity (Wildman–Crippen MR) is 69.7 cm³/mol. The number of aromatic hydroxyl groups is 2. The molecule has 0 heterocycles. The molecule has 1 aromatic rings. The molecule has 3 N–H and O–H groups in total. The highest BCUT2D eigenvalue weighted by Crippen LogP contribution is 2.24. The fraction of sp³-hybridized carbons (Fsp3) is 0.417. The molecule has 0 saturated heterocycles. The summed E-state index contributed by atoms with van der Waals surface area (Å²) in [7, 11) is 0. The van der Waals surface area contributed by atoms with E-state index >= 15 is 0 Å². The van der Waals surface area contributed by atoms with Crippen LogP contribution in [0.5, 0.6) is 11.5 Å². The molecule has 0 saturated carbocycles. The van der Waals surface area contributed by atoms with Crippen LogP contribution in [0.25, 0.3) is 0 Å². The molecule has 0 unspecified atom stereocenters. The van der Waals surface area contributed by atoms with Crippen LogP contribution in [-0.4, -0.2) is 28.0 Å². The van der Waals surface area contributed by atoms with Crippen LogP contribution in [0.3, 0.4) is 0 Å². The van der Waals surface area contributed by atoms with Gasteiger partial charge in [-0.15, -0.1) is 0 Å². The molecule has 0 radical (unpaired) electrons. The third-order valence-electron chi connectivity index (χ3n) is 2.33. The summed E-state index contributed by atoms with van der Waals surface area (Å²) in [6.07, 6.45) is 3.09. The third kappa shape index (κ3) is 4.65. The maximum Gasteiger partial charge on any atom is 0.251 e. The van der Waals surface area contributed by atoms with Crippen LogP contribution >= 0.6 is 15.9 Å². The van der Waals surface area contributed by atoms with Crippen molar-refractivity contribution in [1.82, 2.24) is 5.32 Å². The highest BCUT2D eigenvalue weighted by molar-refractivity contribution is 9.09. The van der Waals surface area contributed by atoms with Gasteiger partial charge in [0, 0.05) is 17.4 Å². The lowest BCUT2D eigenvalue weighted by Crippen LogP contribution is -2.24. The molecular weight excluding hydrogens is 286 g/mol. The molecule has 94 valence electrons. The molecule has 0 atom stereocenters. The summed E-state index contributed by atoms with van der Waals surface area (Å²) in [4.78, 5) is 11.6. The number of rotatable bonds is 6. The zero-order valence-electron chi connectivity index (χ0n) is 9.45. The molecule has 0 bridgehead atoms. The highest BCUT2D eigenvalue weighted by atomic mass is 79.9. The minimum Gasteiger partial charge on any atom is -0.504 e. The average molecular weight is 302 g/mol. The third-order valence-corrected chi connectivity index (χ3v) is 2.89. The van der Waals surface area contributed by atoms with Crippen molar-refractivity contribution in [3.05, 3.63) is 23.8 Å². The number of nitrogens with one attached hydrogen (secondary N) is 1. The molecule has 0 aromatic heterocycles. The van der Waals surface area contributed by atoms with Gasteiger partial charge in [0.1, 0.15) is 0 Å². The lowest BCUT2D eigenvalue weighted by Gasteiger charge is -2.05. The number of hydrogen-bond donors (Lipinski definition) is 3. The van der Waals surface area contributed by atoms with E-state index in [1.54, 1.807) is 0 Å². The van der Waals surface area contributed by atoms with E-state index in [2.05, 4.69) is 21.2 Å². The van der Waals surface area contributed by atoms with E-state index in [0.717, 1.165) is 24.6 Å². The number of carbonyl (C=O) groups is 1. The lowest BCUT2D eigenvalue weighted by molar-refractivity contribution is 0.0952. The maximum atomic E-state index is 11.6. The molecule has 4 nitrogen and oxygen atoms in total. The van der Waals surface area contributed by atoms with Crippen LogP contribution in [0.4, 0.5) is 0 Å². The first-order valence-electron chi connectivity index (χ1n) is 5.51. The first kappa shape index (κ1) is 13.8. The zero-order valence-corrected chi connectivity index (χ0v) is 11.0. The molecule has 17 heavy (non-hydrogen) atoms. The van der Waals surface area contributed by atoms with E-state index in [-0.39, 0.29) is 17.4 Å². The minimum absolute atomic E-state index is 0.223. The van der Waals surface area contributed by atoms with Gasteiger partial charge in [0.2, 0.25) is 0 Å². The Morgan fingerprint density at radius 3 is 2.59 bits per heavy atom. The second-order valence-corrected chi connectivity index (χ2v) is 4.50. The van der Waals surface area contributed by atoms with Gasteiger partial charge in [-0.2, -0.15) is 0 Å². The van der Waals surface area contributed by atoms with Crippen molar-refractivity contribution in [1.29, 1.82) is 0 Å². The largest absolute Gasteiger partial charge is 0.504 e. The van der Waals surface area contributed by atoms with Crippen LogP contribution < -0.4 is 5.32 Å². The number of benzene rings is 1. The molecule has 1 aromatic carbocycles. The summed E-state index contributed by atoms with van der Waals surface area (Å²) >= 11 is 3.34. The van der Waals surface area contributed by atoms with Crippen molar-refractivity contribution in [2.75, 3.05) is 11.9 Å². The summed E-state index contributed by atoms with van der Waals surface area (Å²) in [5.41, 5.74) is 0.348. The topological polar surface area (TPSA) is 69.6 Å². The van der Waals surface area contributed by atoms with E-state index in [9.17, 15) is 9.90 Å². The van der Waals surface area contributed by atoms with E-state index in [1.807, 2.05) is 0 Å². The molecule has 0 aliphatic rings. The summed E-state index contributed by atoms with van der Waals surface area (Å²) in [6, 6.07) is 4.03. The number of hydrogen-bond acceptors (Lipinski definition) is 3. The Morgan fingerprint density at radius 2 is 1.94 bits per heavy atom. The van der Waals surface area contributed by atoms with Crippen LogP contribution in [-0.2, 0) is 0 Å². The van der Waals surface area contributed by atoms with Crippen molar-refractivity contribution in [3.63, 3.8) is 0 Å². The summed E-state index contributed by atoms with van der Waals surface area (Å²) in [5.74, 6) is -0.741. The fourth-order valence-electron chi connectivity index (χ4n) is 1.36. The monoisotopic (exact) mass is 301 g/mol. The number of phenolic OH excluding ortho intramolecular Hbond substituents is 2. The Bertz CT molecular complexity index is 382.